The van der Waals surface area contributed by atoms with Gasteiger partial charge in [-0.2, -0.15) is 0 Å². The number of aliphatic hydroxyl groups is 1. The molecular weight excluding hydrogens is 537 g/mol. The number of anilines is 1. The third-order valence-electron chi connectivity index (χ3n) is 6.64. The lowest BCUT2D eigenvalue weighted by molar-refractivity contribution is -0.132. The monoisotopic (exact) mass is 559 g/mol. The molecule has 0 bridgehead atoms. The first-order valence-electron chi connectivity index (χ1n) is 12.3. The SMILES string of the molecule is CC1Cc2cc(/C(O)=C3\C(=O)C(=O)N(c4nnc(SCc5ccccc5F)s4)C3c3ccccc3)ccc2O1. The average molecular weight is 560 g/mol. The first kappa shape index (κ1) is 25.3. The van der Waals surface area contributed by atoms with E-state index in [1.54, 1.807) is 60.7 Å². The molecule has 0 radical (unpaired) electrons. The number of hydrogen-bond acceptors (Lipinski definition) is 8. The summed E-state index contributed by atoms with van der Waals surface area (Å²) in [5, 5.41) is 20.0. The lowest BCUT2D eigenvalue weighted by atomic mass is 9.94. The standard InChI is InChI=1S/C29H22FN3O4S2/c1-16-13-20-14-18(11-12-22(20)37-16)25(34)23-24(17-7-3-2-4-8-17)33(27(36)26(23)35)28-31-32-29(39-28)38-15-19-9-5-6-10-21(19)30/h2-12,14,16,24,34H,13,15H2,1H3/b25-23+. The Kier molecular flexibility index (Phi) is 6.66. The maximum absolute atomic E-state index is 14.1. The van der Waals surface area contributed by atoms with E-state index in [4.69, 9.17) is 4.74 Å². The zero-order valence-electron chi connectivity index (χ0n) is 20.7. The van der Waals surface area contributed by atoms with Gasteiger partial charge in [-0.25, -0.2) is 4.39 Å². The van der Waals surface area contributed by atoms with Gasteiger partial charge in [0.1, 0.15) is 23.4 Å². The van der Waals surface area contributed by atoms with E-state index in [-0.39, 0.29) is 28.4 Å². The number of Topliss-reactive ketones (excluding diaryl/α,β-unsaturated/α-hetero) is 1. The molecule has 2 atom stereocenters. The second-order valence-electron chi connectivity index (χ2n) is 9.27. The Morgan fingerprint density at radius 2 is 1.87 bits per heavy atom. The topological polar surface area (TPSA) is 92.6 Å². The maximum atomic E-state index is 14.1. The Bertz CT molecular complexity index is 1620. The van der Waals surface area contributed by atoms with Gasteiger partial charge >= 0.3 is 5.91 Å². The minimum Gasteiger partial charge on any atom is -0.507 e. The number of aliphatic hydroxyl groups excluding tert-OH is 1. The van der Waals surface area contributed by atoms with Crippen LogP contribution in [0.4, 0.5) is 9.52 Å². The summed E-state index contributed by atoms with van der Waals surface area (Å²) in [6, 6.07) is 19.9. The molecule has 0 spiro atoms. The highest BCUT2D eigenvalue weighted by Crippen LogP contribution is 2.44. The van der Waals surface area contributed by atoms with Gasteiger partial charge in [0.15, 0.2) is 4.34 Å². The predicted octanol–water partition coefficient (Wildman–Crippen LogP) is 5.92. The summed E-state index contributed by atoms with van der Waals surface area (Å²) in [6.45, 7) is 1.96. The summed E-state index contributed by atoms with van der Waals surface area (Å²) < 4.78 is 20.3. The molecule has 3 heterocycles. The van der Waals surface area contributed by atoms with Gasteiger partial charge in [-0.15, -0.1) is 10.2 Å². The summed E-state index contributed by atoms with van der Waals surface area (Å²) in [7, 11) is 0. The number of carbonyl (C=O) groups excluding carboxylic acids is 2. The van der Waals surface area contributed by atoms with Crippen LogP contribution in [0.5, 0.6) is 5.75 Å². The molecule has 39 heavy (non-hydrogen) atoms. The van der Waals surface area contributed by atoms with Crippen molar-refractivity contribution in [3.63, 3.8) is 0 Å². The molecule has 196 valence electrons. The van der Waals surface area contributed by atoms with Crippen LogP contribution in [0.3, 0.4) is 0 Å². The average Bonchev–Trinajstić information content (AvgIpc) is 3.63. The lowest BCUT2D eigenvalue weighted by Crippen LogP contribution is -2.29. The van der Waals surface area contributed by atoms with Gasteiger partial charge in [0, 0.05) is 17.7 Å². The summed E-state index contributed by atoms with van der Waals surface area (Å²) in [6.07, 6.45) is 0.709. The number of hydrogen-bond donors (Lipinski definition) is 1. The number of amides is 1. The molecule has 1 aromatic heterocycles. The van der Waals surface area contributed by atoms with E-state index >= 15 is 0 Å². The Hall–Kier alpha value is -4.02. The number of ketones is 1. The molecule has 1 N–H and O–H groups in total. The van der Waals surface area contributed by atoms with Gasteiger partial charge in [0.05, 0.1) is 11.6 Å². The first-order chi connectivity index (χ1) is 18.9. The minimum absolute atomic E-state index is 0.0196. The van der Waals surface area contributed by atoms with Crippen molar-refractivity contribution in [2.45, 2.75) is 35.6 Å². The molecule has 1 fully saturated rings. The Balaban J connectivity index is 1.38. The highest BCUT2D eigenvalue weighted by Gasteiger charge is 2.48. The number of fused-ring (bicyclic) bond motifs is 1. The third-order valence-corrected chi connectivity index (χ3v) is 8.74. The Morgan fingerprint density at radius 1 is 1.10 bits per heavy atom. The van der Waals surface area contributed by atoms with E-state index < -0.39 is 17.7 Å². The molecule has 2 unspecified atom stereocenters. The quantitative estimate of drug-likeness (QED) is 0.103. The number of rotatable bonds is 6. The molecule has 4 aromatic rings. The summed E-state index contributed by atoms with van der Waals surface area (Å²) in [5.74, 6) is -1.09. The number of halogens is 1. The van der Waals surface area contributed by atoms with Crippen LogP contribution in [-0.2, 0) is 21.8 Å². The second kappa shape index (κ2) is 10.3. The third kappa shape index (κ3) is 4.70. The molecule has 1 saturated heterocycles. The highest BCUT2D eigenvalue weighted by molar-refractivity contribution is 8.00. The number of aromatic nitrogens is 2. The highest BCUT2D eigenvalue weighted by atomic mass is 32.2. The second-order valence-corrected chi connectivity index (χ2v) is 11.4. The summed E-state index contributed by atoms with van der Waals surface area (Å²) >= 11 is 2.43. The Morgan fingerprint density at radius 3 is 2.67 bits per heavy atom. The van der Waals surface area contributed by atoms with Crippen molar-refractivity contribution >= 4 is 45.7 Å². The van der Waals surface area contributed by atoms with E-state index in [0.29, 0.717) is 33.2 Å². The van der Waals surface area contributed by atoms with Crippen LogP contribution < -0.4 is 9.64 Å². The van der Waals surface area contributed by atoms with Gasteiger partial charge in [0.2, 0.25) is 5.13 Å². The molecule has 6 rings (SSSR count). The fourth-order valence-electron chi connectivity index (χ4n) is 4.82. The van der Waals surface area contributed by atoms with E-state index in [1.807, 2.05) is 13.0 Å². The summed E-state index contributed by atoms with van der Waals surface area (Å²) in [4.78, 5) is 28.1. The van der Waals surface area contributed by atoms with Crippen molar-refractivity contribution < 1.29 is 23.8 Å². The van der Waals surface area contributed by atoms with E-state index in [9.17, 15) is 19.1 Å². The number of thioether (sulfide) groups is 1. The molecule has 0 aliphatic carbocycles. The molecule has 2 aliphatic rings. The smallest absolute Gasteiger partial charge is 0.301 e. The summed E-state index contributed by atoms with van der Waals surface area (Å²) in [5.41, 5.74) is 2.51. The normalized spacial score (nSPS) is 19.8. The van der Waals surface area contributed by atoms with Crippen molar-refractivity contribution in [1.29, 1.82) is 0 Å². The van der Waals surface area contributed by atoms with Crippen molar-refractivity contribution in [2.75, 3.05) is 4.90 Å². The van der Waals surface area contributed by atoms with Crippen molar-refractivity contribution in [1.82, 2.24) is 10.2 Å². The van der Waals surface area contributed by atoms with Gasteiger partial charge in [-0.05, 0) is 47.9 Å². The van der Waals surface area contributed by atoms with Crippen LogP contribution in [0.2, 0.25) is 0 Å². The fourth-order valence-corrected chi connectivity index (χ4v) is 6.67. The zero-order chi connectivity index (χ0) is 27.1. The van der Waals surface area contributed by atoms with Gasteiger partial charge in [-0.3, -0.25) is 14.5 Å². The van der Waals surface area contributed by atoms with Crippen LogP contribution in [0.1, 0.15) is 35.2 Å². The molecule has 3 aromatic carbocycles. The van der Waals surface area contributed by atoms with Crippen LogP contribution in [-0.4, -0.2) is 33.1 Å². The van der Waals surface area contributed by atoms with E-state index in [1.165, 1.54) is 22.7 Å². The van der Waals surface area contributed by atoms with Crippen molar-refractivity contribution in [2.24, 2.45) is 0 Å². The zero-order valence-corrected chi connectivity index (χ0v) is 22.3. The minimum atomic E-state index is -0.896. The molecular formula is C29H22FN3O4S2. The van der Waals surface area contributed by atoms with Crippen LogP contribution in [0, 0.1) is 5.82 Å². The number of nitrogens with zero attached hydrogens (tertiary/aromatic N) is 3. The first-order valence-corrected chi connectivity index (χ1v) is 14.1. The predicted molar refractivity (Wildman–Crippen MR) is 147 cm³/mol. The fraction of sp³-hybridized carbons (Fsp3) is 0.172. The van der Waals surface area contributed by atoms with Crippen molar-refractivity contribution in [3.8, 4) is 5.75 Å². The molecule has 10 heteroatoms. The lowest BCUT2D eigenvalue weighted by Gasteiger charge is -2.22. The molecule has 1 amide bonds. The number of ether oxygens (including phenoxy) is 1. The molecule has 7 nitrogen and oxygen atoms in total. The molecule has 2 aliphatic heterocycles. The van der Waals surface area contributed by atoms with Crippen LogP contribution >= 0.6 is 23.1 Å². The van der Waals surface area contributed by atoms with E-state index in [2.05, 4.69) is 10.2 Å². The van der Waals surface area contributed by atoms with Crippen LogP contribution in [0.15, 0.2) is 82.7 Å². The number of carbonyl (C=O) groups is 2. The Labute approximate surface area is 232 Å². The van der Waals surface area contributed by atoms with Gasteiger partial charge in [-0.1, -0.05) is 71.6 Å². The van der Waals surface area contributed by atoms with Crippen LogP contribution in [0.25, 0.3) is 5.76 Å². The number of benzene rings is 3. The van der Waals surface area contributed by atoms with Crippen molar-refractivity contribution in [3.05, 3.63) is 106 Å². The van der Waals surface area contributed by atoms with E-state index in [0.717, 1.165) is 22.6 Å². The largest absolute Gasteiger partial charge is 0.507 e. The van der Waals surface area contributed by atoms with Gasteiger partial charge in [0.25, 0.3) is 5.78 Å². The maximum Gasteiger partial charge on any atom is 0.301 e. The molecule has 0 saturated carbocycles. The van der Waals surface area contributed by atoms with Gasteiger partial charge < -0.3 is 9.84 Å².